The first-order valence-corrected chi connectivity index (χ1v) is 5.79. The predicted octanol–water partition coefficient (Wildman–Crippen LogP) is 1.69. The molecule has 0 radical (unpaired) electrons. The van der Waals surface area contributed by atoms with Crippen molar-refractivity contribution in [3.05, 3.63) is 17.0 Å². The van der Waals surface area contributed by atoms with Gasteiger partial charge >= 0.3 is 0 Å². The van der Waals surface area contributed by atoms with Gasteiger partial charge in [-0.15, -0.1) is 0 Å². The molecule has 0 aromatic carbocycles. The van der Waals surface area contributed by atoms with Crippen molar-refractivity contribution in [2.45, 2.75) is 19.4 Å². The summed E-state index contributed by atoms with van der Waals surface area (Å²) in [7, 11) is 4.04. The van der Waals surface area contributed by atoms with Crippen molar-refractivity contribution in [1.29, 1.82) is 0 Å². The molecule has 0 aliphatic carbocycles. The number of aldehydes is 1. The van der Waals surface area contributed by atoms with E-state index in [0.29, 0.717) is 17.7 Å². The molecular formula is C11H17ClN4O. The number of nitrogens with zero attached hydrogens (tertiary/aromatic N) is 3. The molecule has 0 saturated heterocycles. The Morgan fingerprint density at radius 3 is 2.82 bits per heavy atom. The van der Waals surface area contributed by atoms with Crippen molar-refractivity contribution < 1.29 is 4.79 Å². The second-order valence-corrected chi connectivity index (χ2v) is 4.54. The smallest absolute Gasteiger partial charge is 0.156 e. The van der Waals surface area contributed by atoms with E-state index in [0.717, 1.165) is 13.0 Å². The number of carbonyl (C=O) groups is 1. The molecule has 1 N–H and O–H groups in total. The van der Waals surface area contributed by atoms with Crippen LogP contribution in [0.1, 0.15) is 23.7 Å². The zero-order chi connectivity index (χ0) is 12.8. The van der Waals surface area contributed by atoms with Crippen molar-refractivity contribution >= 4 is 23.7 Å². The molecule has 1 atom stereocenters. The minimum Gasteiger partial charge on any atom is -0.367 e. The molecule has 0 fully saturated rings. The Morgan fingerprint density at radius 2 is 2.24 bits per heavy atom. The van der Waals surface area contributed by atoms with Crippen LogP contribution in [-0.2, 0) is 0 Å². The lowest BCUT2D eigenvalue weighted by atomic mass is 10.2. The summed E-state index contributed by atoms with van der Waals surface area (Å²) in [6.45, 7) is 3.00. The van der Waals surface area contributed by atoms with Gasteiger partial charge in [0.05, 0.1) is 5.56 Å². The van der Waals surface area contributed by atoms with Gasteiger partial charge in [0.2, 0.25) is 0 Å². The number of anilines is 1. The van der Waals surface area contributed by atoms with Gasteiger partial charge in [0.15, 0.2) is 6.29 Å². The summed E-state index contributed by atoms with van der Waals surface area (Å²) in [4.78, 5) is 20.8. The van der Waals surface area contributed by atoms with E-state index in [9.17, 15) is 4.79 Å². The number of hydrogen-bond donors (Lipinski definition) is 1. The highest BCUT2D eigenvalue weighted by atomic mass is 35.5. The summed E-state index contributed by atoms with van der Waals surface area (Å²) < 4.78 is 0. The normalized spacial score (nSPS) is 12.5. The number of aromatic nitrogens is 2. The molecule has 0 amide bonds. The Labute approximate surface area is 106 Å². The molecule has 0 aliphatic rings. The lowest BCUT2D eigenvalue weighted by Crippen LogP contribution is -2.24. The number of carbonyl (C=O) groups excluding carboxylic acids is 1. The van der Waals surface area contributed by atoms with Gasteiger partial charge in [-0.2, -0.15) is 0 Å². The molecule has 0 saturated carbocycles. The van der Waals surface area contributed by atoms with E-state index in [1.807, 2.05) is 21.0 Å². The fourth-order valence-electron chi connectivity index (χ4n) is 1.35. The van der Waals surface area contributed by atoms with Crippen LogP contribution in [0.4, 0.5) is 5.82 Å². The lowest BCUT2D eigenvalue weighted by molar-refractivity contribution is 0.112. The molecule has 1 rings (SSSR count). The molecule has 0 spiro atoms. The SMILES string of the molecule is CC(CCN(C)C)Nc1ncnc(Cl)c1C=O. The summed E-state index contributed by atoms with van der Waals surface area (Å²) in [5, 5.41) is 3.34. The maximum absolute atomic E-state index is 10.9. The molecule has 1 aromatic rings. The van der Waals surface area contributed by atoms with E-state index in [1.54, 1.807) is 0 Å². The third kappa shape index (κ3) is 4.28. The molecule has 1 aromatic heterocycles. The minimum absolute atomic E-state index is 0.178. The van der Waals surface area contributed by atoms with Crippen molar-refractivity contribution in [2.24, 2.45) is 0 Å². The van der Waals surface area contributed by atoms with Crippen LogP contribution in [-0.4, -0.2) is 47.8 Å². The highest BCUT2D eigenvalue weighted by Crippen LogP contribution is 2.18. The number of hydrogen-bond acceptors (Lipinski definition) is 5. The van der Waals surface area contributed by atoms with E-state index < -0.39 is 0 Å². The van der Waals surface area contributed by atoms with Gasteiger partial charge in [-0.25, -0.2) is 9.97 Å². The molecule has 1 heterocycles. The predicted molar refractivity (Wildman–Crippen MR) is 68.7 cm³/mol. The summed E-state index contributed by atoms with van der Waals surface area (Å²) >= 11 is 5.81. The zero-order valence-corrected chi connectivity index (χ0v) is 11.0. The number of halogens is 1. The van der Waals surface area contributed by atoms with E-state index in [2.05, 4.69) is 20.2 Å². The van der Waals surface area contributed by atoms with Gasteiger partial charge in [-0.1, -0.05) is 11.6 Å². The van der Waals surface area contributed by atoms with Gasteiger partial charge < -0.3 is 10.2 Å². The van der Waals surface area contributed by atoms with E-state index in [-0.39, 0.29) is 11.2 Å². The Morgan fingerprint density at radius 1 is 1.53 bits per heavy atom. The monoisotopic (exact) mass is 256 g/mol. The summed E-state index contributed by atoms with van der Waals surface area (Å²) in [5.74, 6) is 0.492. The summed E-state index contributed by atoms with van der Waals surface area (Å²) in [6, 6.07) is 0.210. The first-order chi connectivity index (χ1) is 8.04. The fraction of sp³-hybridized carbons (Fsp3) is 0.545. The van der Waals surface area contributed by atoms with Crippen LogP contribution < -0.4 is 5.32 Å². The molecule has 17 heavy (non-hydrogen) atoms. The maximum Gasteiger partial charge on any atom is 0.156 e. The highest BCUT2D eigenvalue weighted by Gasteiger charge is 2.11. The van der Waals surface area contributed by atoms with E-state index in [1.165, 1.54) is 6.33 Å². The maximum atomic E-state index is 10.9. The summed E-state index contributed by atoms with van der Waals surface area (Å²) in [6.07, 6.45) is 2.96. The van der Waals surface area contributed by atoms with Crippen molar-refractivity contribution in [3.63, 3.8) is 0 Å². The fourth-order valence-corrected chi connectivity index (χ4v) is 1.53. The average Bonchev–Trinajstić information content (AvgIpc) is 2.27. The van der Waals surface area contributed by atoms with Crippen LogP contribution >= 0.6 is 11.6 Å². The van der Waals surface area contributed by atoms with Crippen molar-refractivity contribution in [3.8, 4) is 0 Å². The second-order valence-electron chi connectivity index (χ2n) is 4.18. The Balaban J connectivity index is 2.67. The molecule has 5 nitrogen and oxygen atoms in total. The lowest BCUT2D eigenvalue weighted by Gasteiger charge is -2.18. The number of rotatable bonds is 6. The molecule has 0 bridgehead atoms. The van der Waals surface area contributed by atoms with Crippen LogP contribution in [0.5, 0.6) is 0 Å². The molecule has 0 aliphatic heterocycles. The first-order valence-electron chi connectivity index (χ1n) is 5.41. The average molecular weight is 257 g/mol. The first kappa shape index (κ1) is 13.9. The van der Waals surface area contributed by atoms with E-state index >= 15 is 0 Å². The van der Waals surface area contributed by atoms with Crippen LogP contribution in [0.25, 0.3) is 0 Å². The van der Waals surface area contributed by atoms with Gasteiger partial charge in [0.1, 0.15) is 17.3 Å². The Bertz CT molecular complexity index is 384. The van der Waals surface area contributed by atoms with Crippen LogP contribution in [0.2, 0.25) is 5.15 Å². The van der Waals surface area contributed by atoms with Crippen LogP contribution in [0.15, 0.2) is 6.33 Å². The third-order valence-electron chi connectivity index (χ3n) is 2.35. The van der Waals surface area contributed by atoms with Crippen LogP contribution in [0.3, 0.4) is 0 Å². The van der Waals surface area contributed by atoms with Gasteiger partial charge in [0.25, 0.3) is 0 Å². The molecule has 1 unspecified atom stereocenters. The topological polar surface area (TPSA) is 58.1 Å². The van der Waals surface area contributed by atoms with Gasteiger partial charge in [0, 0.05) is 6.04 Å². The standard InChI is InChI=1S/C11H17ClN4O/c1-8(4-5-16(2)3)15-11-9(6-17)10(12)13-7-14-11/h6-8H,4-5H2,1-3H3,(H,13,14,15). The Kier molecular flexibility index (Phi) is 5.31. The second kappa shape index (κ2) is 6.51. The third-order valence-corrected chi connectivity index (χ3v) is 2.65. The zero-order valence-electron chi connectivity index (χ0n) is 10.3. The van der Waals surface area contributed by atoms with Gasteiger partial charge in [-0.3, -0.25) is 4.79 Å². The highest BCUT2D eigenvalue weighted by molar-refractivity contribution is 6.32. The minimum atomic E-state index is 0.178. The van der Waals surface area contributed by atoms with Crippen LogP contribution in [0, 0.1) is 0 Å². The molecular weight excluding hydrogens is 240 g/mol. The van der Waals surface area contributed by atoms with Crippen molar-refractivity contribution in [1.82, 2.24) is 14.9 Å². The van der Waals surface area contributed by atoms with E-state index in [4.69, 9.17) is 11.6 Å². The molecule has 94 valence electrons. The largest absolute Gasteiger partial charge is 0.367 e. The number of nitrogens with one attached hydrogen (secondary N) is 1. The van der Waals surface area contributed by atoms with Gasteiger partial charge in [-0.05, 0) is 34.0 Å². The summed E-state index contributed by atoms with van der Waals surface area (Å²) in [5.41, 5.74) is 0.311. The molecule has 6 heteroatoms. The Hall–Kier alpha value is -1.20. The van der Waals surface area contributed by atoms with Crippen molar-refractivity contribution in [2.75, 3.05) is 26.0 Å². The quantitative estimate of drug-likeness (QED) is 0.620.